The molecule has 1 aliphatic rings. The van der Waals surface area contributed by atoms with Gasteiger partial charge in [0.25, 0.3) is 0 Å². The Labute approximate surface area is 89.4 Å². The summed E-state index contributed by atoms with van der Waals surface area (Å²) in [5.74, 6) is -0.231. The Morgan fingerprint density at radius 1 is 1.53 bits per heavy atom. The average molecular weight is 214 g/mol. The second-order valence-electron chi connectivity index (χ2n) is 5.08. The van der Waals surface area contributed by atoms with Gasteiger partial charge in [-0.05, 0) is 12.3 Å². The molecule has 1 rings (SSSR count). The highest BCUT2D eigenvalue weighted by Crippen LogP contribution is 2.28. The van der Waals surface area contributed by atoms with E-state index in [2.05, 4.69) is 5.32 Å². The van der Waals surface area contributed by atoms with Crippen LogP contribution in [0.1, 0.15) is 27.7 Å². The van der Waals surface area contributed by atoms with Crippen molar-refractivity contribution in [1.82, 2.24) is 10.2 Å². The molecule has 86 valence electrons. The molecule has 5 nitrogen and oxygen atoms in total. The molecule has 1 saturated heterocycles. The largest absolute Gasteiger partial charge is 0.465 e. The Morgan fingerprint density at radius 3 is 2.47 bits per heavy atom. The van der Waals surface area contributed by atoms with Crippen LogP contribution >= 0.6 is 0 Å². The first-order chi connectivity index (χ1) is 6.73. The van der Waals surface area contributed by atoms with E-state index < -0.39 is 6.09 Å². The van der Waals surface area contributed by atoms with Crippen LogP contribution in [0.2, 0.25) is 0 Å². The molecule has 0 aromatic rings. The molecule has 0 aromatic heterocycles. The van der Waals surface area contributed by atoms with E-state index in [4.69, 9.17) is 5.11 Å². The predicted molar refractivity (Wildman–Crippen MR) is 55.6 cm³/mol. The van der Waals surface area contributed by atoms with Crippen LogP contribution in [-0.2, 0) is 4.79 Å². The van der Waals surface area contributed by atoms with E-state index in [9.17, 15) is 9.59 Å². The van der Waals surface area contributed by atoms with E-state index >= 15 is 0 Å². The quantitative estimate of drug-likeness (QED) is 0.629. The predicted octanol–water partition coefficient (Wildman–Crippen LogP) is 0.899. The van der Waals surface area contributed by atoms with Crippen LogP contribution in [0.15, 0.2) is 0 Å². The molecule has 0 bridgehead atoms. The first-order valence-electron chi connectivity index (χ1n) is 5.02. The van der Waals surface area contributed by atoms with Crippen LogP contribution < -0.4 is 5.32 Å². The van der Waals surface area contributed by atoms with Gasteiger partial charge in [0.05, 0.1) is 6.04 Å². The number of nitrogens with zero attached hydrogens (tertiary/aromatic N) is 1. The molecular formula is C10H18N2O3. The van der Waals surface area contributed by atoms with Crippen LogP contribution in [0, 0.1) is 5.41 Å². The number of rotatable bonds is 0. The first kappa shape index (κ1) is 11.8. The smallest absolute Gasteiger partial charge is 0.408 e. The lowest BCUT2D eigenvalue weighted by Crippen LogP contribution is -2.64. The van der Waals surface area contributed by atoms with Crippen LogP contribution in [0.3, 0.4) is 0 Å². The second-order valence-corrected chi connectivity index (χ2v) is 5.08. The molecule has 2 unspecified atom stereocenters. The molecule has 2 amide bonds. The minimum atomic E-state index is -1.03. The summed E-state index contributed by atoms with van der Waals surface area (Å²) < 4.78 is 0. The third-order valence-electron chi connectivity index (χ3n) is 2.64. The number of nitrogens with one attached hydrogen (secondary N) is 1. The first-order valence-corrected chi connectivity index (χ1v) is 5.02. The Morgan fingerprint density at radius 2 is 2.07 bits per heavy atom. The maximum absolute atomic E-state index is 11.2. The standard InChI is InChI=1S/C10H18N2O3/c1-6-8(10(2,3)4)12(9(14)15)5-7(13)11-6/h6,8H,5H2,1-4H3,(H,11,13)(H,14,15). The van der Waals surface area contributed by atoms with Gasteiger partial charge in [0.15, 0.2) is 0 Å². The van der Waals surface area contributed by atoms with Crippen molar-refractivity contribution in [2.24, 2.45) is 5.41 Å². The van der Waals surface area contributed by atoms with Crippen molar-refractivity contribution >= 4 is 12.0 Å². The van der Waals surface area contributed by atoms with E-state index in [0.717, 1.165) is 0 Å². The van der Waals surface area contributed by atoms with Gasteiger partial charge >= 0.3 is 6.09 Å². The van der Waals surface area contributed by atoms with E-state index in [-0.39, 0.29) is 30.0 Å². The van der Waals surface area contributed by atoms with Gasteiger partial charge in [-0.2, -0.15) is 0 Å². The summed E-state index contributed by atoms with van der Waals surface area (Å²) in [6.45, 7) is 7.69. The lowest BCUT2D eigenvalue weighted by Gasteiger charge is -2.45. The number of amides is 2. The Hall–Kier alpha value is -1.26. The minimum Gasteiger partial charge on any atom is -0.465 e. The van der Waals surface area contributed by atoms with Gasteiger partial charge < -0.3 is 10.4 Å². The maximum atomic E-state index is 11.2. The molecule has 0 aromatic carbocycles. The van der Waals surface area contributed by atoms with Crippen LogP contribution in [0.25, 0.3) is 0 Å². The lowest BCUT2D eigenvalue weighted by atomic mass is 9.80. The van der Waals surface area contributed by atoms with Crippen molar-refractivity contribution < 1.29 is 14.7 Å². The van der Waals surface area contributed by atoms with Gasteiger partial charge in [0.1, 0.15) is 6.54 Å². The molecule has 2 atom stereocenters. The maximum Gasteiger partial charge on any atom is 0.408 e. The van der Waals surface area contributed by atoms with Crippen molar-refractivity contribution in [2.45, 2.75) is 39.8 Å². The summed E-state index contributed by atoms with van der Waals surface area (Å²) in [5.41, 5.74) is -0.189. The van der Waals surface area contributed by atoms with Gasteiger partial charge in [0.2, 0.25) is 5.91 Å². The highest BCUT2D eigenvalue weighted by Gasteiger charge is 2.42. The van der Waals surface area contributed by atoms with Crippen LogP contribution in [-0.4, -0.2) is 40.6 Å². The number of carbonyl (C=O) groups excluding carboxylic acids is 1. The fraction of sp³-hybridized carbons (Fsp3) is 0.800. The average Bonchev–Trinajstić information content (AvgIpc) is 1.99. The number of piperazine rings is 1. The molecule has 15 heavy (non-hydrogen) atoms. The molecule has 0 spiro atoms. The molecule has 1 aliphatic heterocycles. The highest BCUT2D eigenvalue weighted by atomic mass is 16.4. The number of carboxylic acid groups (broad SMARTS) is 1. The molecular weight excluding hydrogens is 196 g/mol. The van der Waals surface area contributed by atoms with Gasteiger partial charge in [-0.1, -0.05) is 20.8 Å². The third-order valence-corrected chi connectivity index (χ3v) is 2.64. The van der Waals surface area contributed by atoms with E-state index in [1.165, 1.54) is 4.90 Å². The topological polar surface area (TPSA) is 69.6 Å². The monoisotopic (exact) mass is 214 g/mol. The zero-order chi connectivity index (χ0) is 11.8. The van der Waals surface area contributed by atoms with Crippen LogP contribution in [0.5, 0.6) is 0 Å². The number of hydrogen-bond acceptors (Lipinski definition) is 2. The fourth-order valence-corrected chi connectivity index (χ4v) is 2.31. The summed E-state index contributed by atoms with van der Waals surface area (Å²) in [6.07, 6.45) is -1.03. The second kappa shape index (κ2) is 3.72. The molecule has 1 fully saturated rings. The van der Waals surface area contributed by atoms with Crippen molar-refractivity contribution in [3.63, 3.8) is 0 Å². The Kier molecular flexibility index (Phi) is 2.93. The van der Waals surface area contributed by atoms with Crippen molar-refractivity contribution in [3.8, 4) is 0 Å². The number of hydrogen-bond donors (Lipinski definition) is 2. The van der Waals surface area contributed by atoms with Crippen molar-refractivity contribution in [3.05, 3.63) is 0 Å². The van der Waals surface area contributed by atoms with E-state index in [1.54, 1.807) is 0 Å². The normalized spacial score (nSPS) is 27.5. The summed E-state index contributed by atoms with van der Waals surface area (Å²) in [6, 6.07) is -0.338. The summed E-state index contributed by atoms with van der Waals surface area (Å²) in [4.78, 5) is 23.5. The number of carbonyl (C=O) groups is 2. The zero-order valence-corrected chi connectivity index (χ0v) is 9.57. The molecule has 5 heteroatoms. The third kappa shape index (κ3) is 2.40. The van der Waals surface area contributed by atoms with E-state index in [0.29, 0.717) is 0 Å². The summed E-state index contributed by atoms with van der Waals surface area (Å²) >= 11 is 0. The highest BCUT2D eigenvalue weighted by molar-refractivity contribution is 5.83. The molecule has 1 heterocycles. The van der Waals surface area contributed by atoms with Crippen molar-refractivity contribution in [2.75, 3.05) is 6.54 Å². The lowest BCUT2D eigenvalue weighted by molar-refractivity contribution is -0.128. The Balaban J connectivity index is 2.98. The van der Waals surface area contributed by atoms with E-state index in [1.807, 2.05) is 27.7 Å². The molecule has 0 saturated carbocycles. The van der Waals surface area contributed by atoms with Gasteiger partial charge in [-0.3, -0.25) is 9.69 Å². The van der Waals surface area contributed by atoms with Gasteiger partial charge in [-0.25, -0.2) is 4.79 Å². The molecule has 0 radical (unpaired) electrons. The minimum absolute atomic E-state index is 0.0678. The molecule has 0 aliphatic carbocycles. The van der Waals surface area contributed by atoms with Gasteiger partial charge in [-0.15, -0.1) is 0 Å². The fourth-order valence-electron chi connectivity index (χ4n) is 2.31. The van der Waals surface area contributed by atoms with Crippen molar-refractivity contribution in [1.29, 1.82) is 0 Å². The summed E-state index contributed by atoms with van der Waals surface area (Å²) in [7, 11) is 0. The zero-order valence-electron chi connectivity index (χ0n) is 9.57. The van der Waals surface area contributed by atoms with Gasteiger partial charge in [0, 0.05) is 6.04 Å². The Bertz CT molecular complexity index is 283. The summed E-state index contributed by atoms with van der Waals surface area (Å²) in [5, 5.41) is 11.8. The van der Waals surface area contributed by atoms with Crippen LogP contribution in [0.4, 0.5) is 4.79 Å². The molecule has 2 N–H and O–H groups in total. The SMILES string of the molecule is CC1NC(=O)CN(C(=O)O)C1C(C)(C)C.